The number of allylic oxidation sites excluding steroid dienone is 2. The van der Waals surface area contributed by atoms with Crippen molar-refractivity contribution in [3.63, 3.8) is 0 Å². The molecule has 0 radical (unpaired) electrons. The number of hydrogen-bond acceptors (Lipinski definition) is 13. The van der Waals surface area contributed by atoms with E-state index in [0.29, 0.717) is 19.3 Å². The highest BCUT2D eigenvalue weighted by atomic mass is 16.8. The van der Waals surface area contributed by atoms with Crippen LogP contribution in [0.25, 0.3) is 0 Å². The Morgan fingerprint density at radius 3 is 2.09 bits per heavy atom. The summed E-state index contributed by atoms with van der Waals surface area (Å²) in [4.78, 5) is 25.7. The molecule has 0 spiro atoms. The standard InChI is InChI=1S/C41H66O15/c1-17(2)18(3)27(43)28(44)19(4)21-9-10-22-20-8-11-25-40(6,23(20)12-14-39(21,22)5)15-13-26(41(25,7)38(51)52)54-37-34(31(47)30(46)33(55-37)35(49)50)56-36-32(48)29(45)24(42)16-53-36/h17-19,21-22,24-34,36-37,42-48H,8-16H2,1-7H3,(H,49,50)(H,51,52)/t18-,19-,21+,22-,24+,25+,26-,27+,28-,29+,30-,31-,32-,33-,34+,36-,37+,39+,40+,41+/m0/s1. The van der Waals surface area contributed by atoms with Gasteiger partial charge in [-0.2, -0.15) is 0 Å². The highest BCUT2D eigenvalue weighted by molar-refractivity contribution is 5.76. The fraction of sp³-hybridized carbons (Fsp3) is 0.902. The summed E-state index contributed by atoms with van der Waals surface area (Å²) in [5.41, 5.74) is 0.611. The van der Waals surface area contributed by atoms with Crippen LogP contribution in [0.4, 0.5) is 0 Å². The van der Waals surface area contributed by atoms with Gasteiger partial charge in [0.25, 0.3) is 0 Å². The zero-order chi connectivity index (χ0) is 41.4. The molecule has 0 unspecified atom stereocenters. The number of aliphatic carboxylic acids is 2. The zero-order valence-corrected chi connectivity index (χ0v) is 33.7. The summed E-state index contributed by atoms with van der Waals surface area (Å²) >= 11 is 0. The summed E-state index contributed by atoms with van der Waals surface area (Å²) in [5.74, 6) is -2.51. The van der Waals surface area contributed by atoms with Gasteiger partial charge in [0, 0.05) is 0 Å². The number of aliphatic hydroxyl groups excluding tert-OH is 7. The Bertz CT molecular complexity index is 1490. The van der Waals surface area contributed by atoms with Gasteiger partial charge in [0.2, 0.25) is 0 Å². The highest BCUT2D eigenvalue weighted by Crippen LogP contribution is 2.68. The van der Waals surface area contributed by atoms with Crippen molar-refractivity contribution >= 4 is 11.9 Å². The monoisotopic (exact) mass is 798 g/mol. The van der Waals surface area contributed by atoms with Gasteiger partial charge in [0.1, 0.15) is 36.6 Å². The molecule has 320 valence electrons. The lowest BCUT2D eigenvalue weighted by atomic mass is 9.45. The topological polar surface area (TPSA) is 253 Å². The lowest BCUT2D eigenvalue weighted by Gasteiger charge is -2.60. The Hall–Kier alpha value is -1.76. The Labute approximate surface area is 329 Å². The minimum atomic E-state index is -2.00. The number of carboxylic acid groups (broad SMARTS) is 2. The van der Waals surface area contributed by atoms with Gasteiger partial charge in [-0.05, 0) is 105 Å². The summed E-state index contributed by atoms with van der Waals surface area (Å²) in [6.07, 6.45) is -12.9. The number of carbonyl (C=O) groups is 2. The Balaban J connectivity index is 1.26. The van der Waals surface area contributed by atoms with E-state index in [9.17, 15) is 55.5 Å². The van der Waals surface area contributed by atoms with Crippen molar-refractivity contribution in [2.45, 2.75) is 173 Å². The van der Waals surface area contributed by atoms with Crippen molar-refractivity contribution in [2.75, 3.05) is 6.61 Å². The van der Waals surface area contributed by atoms with Gasteiger partial charge in [-0.25, -0.2) is 4.79 Å². The molecule has 0 aromatic carbocycles. The second-order valence-corrected chi connectivity index (χ2v) is 19.0. The Morgan fingerprint density at radius 2 is 1.46 bits per heavy atom. The molecule has 0 amide bonds. The van der Waals surface area contributed by atoms with Gasteiger partial charge in [-0.15, -0.1) is 0 Å². The van der Waals surface area contributed by atoms with Crippen LogP contribution >= 0.6 is 0 Å². The number of rotatable bonds is 11. The zero-order valence-electron chi connectivity index (χ0n) is 33.7. The molecule has 2 heterocycles. The molecule has 4 fully saturated rings. The lowest BCUT2D eigenvalue weighted by molar-refractivity contribution is -0.364. The number of hydrogen-bond donors (Lipinski definition) is 9. The molecule has 2 saturated carbocycles. The first-order valence-electron chi connectivity index (χ1n) is 20.6. The van der Waals surface area contributed by atoms with Crippen molar-refractivity contribution in [2.24, 2.45) is 51.8 Å². The average molecular weight is 799 g/mol. The Kier molecular flexibility index (Phi) is 12.5. The quantitative estimate of drug-likeness (QED) is 0.135. The molecular formula is C41H66O15. The maximum absolute atomic E-state index is 13.5. The lowest BCUT2D eigenvalue weighted by Crippen LogP contribution is -2.66. The summed E-state index contributed by atoms with van der Waals surface area (Å²) in [6.45, 7) is 13.9. The molecular weight excluding hydrogens is 732 g/mol. The molecule has 0 aromatic heterocycles. The molecule has 2 aliphatic heterocycles. The van der Waals surface area contributed by atoms with Gasteiger partial charge >= 0.3 is 11.9 Å². The summed E-state index contributed by atoms with van der Waals surface area (Å²) in [7, 11) is 0. The molecule has 20 atom stereocenters. The second-order valence-electron chi connectivity index (χ2n) is 19.0. The molecule has 6 rings (SSSR count). The molecule has 15 nitrogen and oxygen atoms in total. The van der Waals surface area contributed by atoms with Gasteiger partial charge in [0.15, 0.2) is 18.7 Å². The maximum Gasteiger partial charge on any atom is 0.335 e. The molecule has 0 bridgehead atoms. The van der Waals surface area contributed by atoms with Crippen molar-refractivity contribution in [3.8, 4) is 0 Å². The molecule has 0 aromatic rings. The third-order valence-corrected chi connectivity index (χ3v) is 16.0. The minimum absolute atomic E-state index is 0.0443. The van der Waals surface area contributed by atoms with Crippen LogP contribution in [0.1, 0.15) is 99.8 Å². The van der Waals surface area contributed by atoms with E-state index in [-0.39, 0.29) is 41.4 Å². The summed E-state index contributed by atoms with van der Waals surface area (Å²) in [5, 5.41) is 96.0. The normalized spacial score (nSPS) is 47.7. The predicted octanol–water partition coefficient (Wildman–Crippen LogP) is 1.80. The fourth-order valence-electron chi connectivity index (χ4n) is 12.1. The highest BCUT2D eigenvalue weighted by Gasteiger charge is 2.64. The first-order chi connectivity index (χ1) is 26.1. The van der Waals surface area contributed by atoms with Crippen molar-refractivity contribution < 1.29 is 74.5 Å². The third kappa shape index (κ3) is 7.07. The third-order valence-electron chi connectivity index (χ3n) is 16.0. The number of fused-ring (bicyclic) bond motifs is 4. The van der Waals surface area contributed by atoms with E-state index in [0.717, 1.165) is 25.7 Å². The fourth-order valence-corrected chi connectivity index (χ4v) is 12.1. The van der Waals surface area contributed by atoms with E-state index in [1.54, 1.807) is 6.92 Å². The van der Waals surface area contributed by atoms with Gasteiger partial charge in [-0.1, -0.05) is 52.7 Å². The molecule has 9 N–H and O–H groups in total. The van der Waals surface area contributed by atoms with Crippen LogP contribution in [-0.4, -0.2) is 138 Å². The Morgan fingerprint density at radius 1 is 0.786 bits per heavy atom. The summed E-state index contributed by atoms with van der Waals surface area (Å²) in [6, 6.07) is 0. The minimum Gasteiger partial charge on any atom is -0.481 e. The van der Waals surface area contributed by atoms with Crippen LogP contribution in [0.15, 0.2) is 11.1 Å². The van der Waals surface area contributed by atoms with Crippen molar-refractivity contribution in [1.82, 2.24) is 0 Å². The maximum atomic E-state index is 13.5. The van der Waals surface area contributed by atoms with E-state index >= 15 is 0 Å². The SMILES string of the molecule is CC(C)[C@H](C)[C@@H](O)[C@@H](O)[C@@H](C)[C@H]1CC[C@H]2C3=C(CC[C@]12C)[C@@]1(C)CC[C@H](O[C@@H]2O[C@H](C(=O)O)[C@@H](O)[C@H](O)[C@H]2O[C@@H]2OC[C@@H](O)[C@@H](O)[C@@H]2O)[C@](C)(C(=O)O)[C@@H]1CC3. The van der Waals surface area contributed by atoms with Crippen LogP contribution in [0, 0.1) is 51.8 Å². The molecule has 6 aliphatic rings. The van der Waals surface area contributed by atoms with Crippen LogP contribution in [-0.2, 0) is 28.5 Å². The first kappa shape index (κ1) is 43.8. The van der Waals surface area contributed by atoms with E-state index in [1.165, 1.54) is 11.1 Å². The van der Waals surface area contributed by atoms with Gasteiger partial charge in [-0.3, -0.25) is 4.79 Å². The number of aliphatic hydroxyl groups is 7. The first-order valence-corrected chi connectivity index (χ1v) is 20.6. The average Bonchev–Trinajstić information content (AvgIpc) is 3.51. The van der Waals surface area contributed by atoms with E-state index in [2.05, 4.69) is 34.6 Å². The van der Waals surface area contributed by atoms with Crippen molar-refractivity contribution in [1.29, 1.82) is 0 Å². The van der Waals surface area contributed by atoms with Crippen LogP contribution in [0.5, 0.6) is 0 Å². The van der Waals surface area contributed by atoms with Crippen LogP contribution < -0.4 is 0 Å². The van der Waals surface area contributed by atoms with E-state index in [1.807, 2.05) is 6.92 Å². The largest absolute Gasteiger partial charge is 0.481 e. The van der Waals surface area contributed by atoms with Crippen LogP contribution in [0.2, 0.25) is 0 Å². The van der Waals surface area contributed by atoms with Gasteiger partial charge in [0.05, 0.1) is 30.3 Å². The van der Waals surface area contributed by atoms with E-state index < -0.39 is 109 Å². The molecule has 2 saturated heterocycles. The molecule has 56 heavy (non-hydrogen) atoms. The molecule has 15 heteroatoms. The number of carboxylic acids is 2. The van der Waals surface area contributed by atoms with Gasteiger partial charge < -0.3 is 64.9 Å². The molecule has 4 aliphatic carbocycles. The summed E-state index contributed by atoms with van der Waals surface area (Å²) < 4.78 is 23.3. The number of ether oxygens (including phenoxy) is 4. The predicted molar refractivity (Wildman–Crippen MR) is 197 cm³/mol. The second kappa shape index (κ2) is 16.0. The van der Waals surface area contributed by atoms with Crippen LogP contribution in [0.3, 0.4) is 0 Å². The van der Waals surface area contributed by atoms with Crippen molar-refractivity contribution in [3.05, 3.63) is 11.1 Å². The smallest absolute Gasteiger partial charge is 0.335 e. The van der Waals surface area contributed by atoms with E-state index in [4.69, 9.17) is 18.9 Å².